The van der Waals surface area contributed by atoms with Gasteiger partial charge in [-0.2, -0.15) is 0 Å². The van der Waals surface area contributed by atoms with Crippen molar-refractivity contribution >= 4 is 5.71 Å². The first-order valence-electron chi connectivity index (χ1n) is 8.02. The van der Waals surface area contributed by atoms with Gasteiger partial charge in [-0.15, -0.1) is 0 Å². The maximum absolute atomic E-state index is 5.52. The number of likely N-dealkylation sites (N-methyl/N-ethyl adjacent to an activating group) is 1. The first-order chi connectivity index (χ1) is 10.6. The molecule has 1 aromatic carbocycles. The molecule has 0 N–H and O–H groups in total. The number of aliphatic imine (C=N–C) groups is 1. The smallest absolute Gasteiger partial charge is 0.161 e. The van der Waals surface area contributed by atoms with Crippen LogP contribution in [0.5, 0.6) is 11.5 Å². The Balaban J connectivity index is 2.01. The lowest BCUT2D eigenvalue weighted by atomic mass is 9.65. The molecule has 0 spiro atoms. The van der Waals surface area contributed by atoms with E-state index in [2.05, 4.69) is 29.1 Å². The van der Waals surface area contributed by atoms with Crippen LogP contribution in [0.3, 0.4) is 0 Å². The van der Waals surface area contributed by atoms with Gasteiger partial charge in [0.2, 0.25) is 0 Å². The van der Waals surface area contributed by atoms with Crippen LogP contribution in [0, 0.1) is 0 Å². The van der Waals surface area contributed by atoms with Gasteiger partial charge in [0.1, 0.15) is 0 Å². The molecule has 0 radical (unpaired) electrons. The Bertz CT molecular complexity index is 584. The minimum Gasteiger partial charge on any atom is -0.493 e. The van der Waals surface area contributed by atoms with Gasteiger partial charge in [-0.05, 0) is 50.6 Å². The number of fused-ring (bicyclic) bond motifs is 1. The highest BCUT2D eigenvalue weighted by molar-refractivity contribution is 5.86. The lowest BCUT2D eigenvalue weighted by Gasteiger charge is -2.42. The standard InChI is InChI=1S/C18H26N2O2/c1-19-14-7-8-18(9-10-20(2)17(18)12-14)13-5-6-15(21-3)16(11-13)22-4/h5-6,11,17H,7-10,12H2,1-4H3/t17-,18-/m0/s1. The Hall–Kier alpha value is -1.55. The second-order valence-corrected chi connectivity index (χ2v) is 6.47. The molecule has 1 saturated heterocycles. The first kappa shape index (κ1) is 15.3. The van der Waals surface area contributed by atoms with Crippen LogP contribution in [0.4, 0.5) is 0 Å². The molecule has 0 unspecified atom stereocenters. The molecule has 0 aromatic heterocycles. The molecule has 0 amide bonds. The average Bonchev–Trinajstić information content (AvgIpc) is 2.91. The number of likely N-dealkylation sites (tertiary alicyclic amines) is 1. The van der Waals surface area contributed by atoms with E-state index in [1.54, 1.807) is 14.2 Å². The normalized spacial score (nSPS) is 30.4. The quantitative estimate of drug-likeness (QED) is 0.861. The molecule has 1 aliphatic carbocycles. The van der Waals surface area contributed by atoms with Crippen molar-refractivity contribution in [2.45, 2.75) is 37.1 Å². The Morgan fingerprint density at radius 2 is 1.95 bits per heavy atom. The van der Waals surface area contributed by atoms with Crippen molar-refractivity contribution in [1.82, 2.24) is 4.90 Å². The fraction of sp³-hybridized carbons (Fsp3) is 0.611. The van der Waals surface area contributed by atoms with Crippen LogP contribution >= 0.6 is 0 Å². The summed E-state index contributed by atoms with van der Waals surface area (Å²) in [6, 6.07) is 6.99. The number of rotatable bonds is 3. The van der Waals surface area contributed by atoms with E-state index in [0.717, 1.165) is 30.9 Å². The summed E-state index contributed by atoms with van der Waals surface area (Å²) in [5.74, 6) is 1.63. The van der Waals surface area contributed by atoms with Crippen LogP contribution < -0.4 is 9.47 Å². The largest absolute Gasteiger partial charge is 0.493 e. The highest BCUT2D eigenvalue weighted by Crippen LogP contribution is 2.49. The minimum atomic E-state index is 0.225. The third kappa shape index (κ3) is 2.30. The van der Waals surface area contributed by atoms with Gasteiger partial charge in [0.15, 0.2) is 11.5 Å². The average molecular weight is 302 g/mol. The van der Waals surface area contributed by atoms with Crippen LogP contribution in [0.1, 0.15) is 31.2 Å². The van der Waals surface area contributed by atoms with E-state index in [9.17, 15) is 0 Å². The topological polar surface area (TPSA) is 34.1 Å². The molecule has 1 saturated carbocycles. The zero-order chi connectivity index (χ0) is 15.7. The summed E-state index contributed by atoms with van der Waals surface area (Å²) in [5.41, 5.74) is 2.96. The molecule has 2 aliphatic rings. The molecule has 1 aromatic rings. The second-order valence-electron chi connectivity index (χ2n) is 6.47. The van der Waals surface area contributed by atoms with E-state index >= 15 is 0 Å². The molecule has 1 heterocycles. The van der Waals surface area contributed by atoms with Crippen LogP contribution in [0.25, 0.3) is 0 Å². The number of nitrogens with zero attached hydrogens (tertiary/aromatic N) is 2. The predicted molar refractivity (Wildman–Crippen MR) is 89.5 cm³/mol. The summed E-state index contributed by atoms with van der Waals surface area (Å²) in [6.07, 6.45) is 4.57. The molecule has 4 nitrogen and oxygen atoms in total. The molecular formula is C18H26N2O2. The summed E-state index contributed by atoms with van der Waals surface area (Å²) in [4.78, 5) is 6.97. The van der Waals surface area contributed by atoms with Crippen LogP contribution in [0.15, 0.2) is 23.2 Å². The maximum Gasteiger partial charge on any atom is 0.161 e. The molecule has 3 rings (SSSR count). The van der Waals surface area contributed by atoms with Crippen LogP contribution in [0.2, 0.25) is 0 Å². The number of methoxy groups -OCH3 is 2. The molecular weight excluding hydrogens is 276 g/mol. The monoisotopic (exact) mass is 302 g/mol. The van der Waals surface area contributed by atoms with Crippen molar-refractivity contribution in [1.29, 1.82) is 0 Å². The van der Waals surface area contributed by atoms with Gasteiger partial charge in [0.25, 0.3) is 0 Å². The minimum absolute atomic E-state index is 0.225. The van der Waals surface area contributed by atoms with Crippen molar-refractivity contribution in [3.05, 3.63) is 23.8 Å². The molecule has 120 valence electrons. The van der Waals surface area contributed by atoms with E-state index in [1.807, 2.05) is 13.1 Å². The van der Waals surface area contributed by atoms with Crippen LogP contribution in [-0.4, -0.2) is 51.5 Å². The Morgan fingerprint density at radius 1 is 1.18 bits per heavy atom. The molecule has 22 heavy (non-hydrogen) atoms. The summed E-state index contributed by atoms with van der Waals surface area (Å²) in [6.45, 7) is 1.15. The van der Waals surface area contributed by atoms with E-state index in [1.165, 1.54) is 24.1 Å². The highest BCUT2D eigenvalue weighted by atomic mass is 16.5. The molecule has 2 fully saturated rings. The van der Waals surface area contributed by atoms with Gasteiger partial charge >= 0.3 is 0 Å². The first-order valence-corrected chi connectivity index (χ1v) is 8.02. The Kier molecular flexibility index (Phi) is 4.13. The summed E-state index contributed by atoms with van der Waals surface area (Å²) < 4.78 is 10.9. The fourth-order valence-corrected chi connectivity index (χ4v) is 4.29. The molecule has 0 bridgehead atoms. The SMILES string of the molecule is CN=C1CC[C@@]2(c3ccc(OC)c(OC)c3)CCN(C)[C@H]2C1. The summed E-state index contributed by atoms with van der Waals surface area (Å²) in [5, 5.41) is 0. The maximum atomic E-state index is 5.52. The number of benzene rings is 1. The van der Waals surface area contributed by atoms with Gasteiger partial charge in [-0.25, -0.2) is 0 Å². The lowest BCUT2D eigenvalue weighted by Crippen LogP contribution is -2.46. The van der Waals surface area contributed by atoms with Crippen molar-refractivity contribution in [2.75, 3.05) is 34.9 Å². The zero-order valence-corrected chi connectivity index (χ0v) is 14.1. The van der Waals surface area contributed by atoms with Gasteiger partial charge in [0, 0.05) is 30.6 Å². The zero-order valence-electron chi connectivity index (χ0n) is 14.1. The summed E-state index contributed by atoms with van der Waals surface area (Å²) >= 11 is 0. The number of hydrogen-bond donors (Lipinski definition) is 0. The van der Waals surface area contributed by atoms with E-state index < -0.39 is 0 Å². The highest BCUT2D eigenvalue weighted by Gasteiger charge is 2.49. The van der Waals surface area contributed by atoms with Gasteiger partial charge in [0.05, 0.1) is 14.2 Å². The van der Waals surface area contributed by atoms with Crippen molar-refractivity contribution in [3.8, 4) is 11.5 Å². The molecule has 2 atom stereocenters. The Labute approximate surface area is 133 Å². The van der Waals surface area contributed by atoms with Gasteiger partial charge < -0.3 is 14.4 Å². The fourth-order valence-electron chi connectivity index (χ4n) is 4.29. The van der Waals surface area contributed by atoms with E-state index in [-0.39, 0.29) is 5.41 Å². The van der Waals surface area contributed by atoms with Crippen molar-refractivity contribution in [2.24, 2.45) is 4.99 Å². The van der Waals surface area contributed by atoms with Gasteiger partial charge in [-0.1, -0.05) is 6.07 Å². The second kappa shape index (κ2) is 5.92. The summed E-state index contributed by atoms with van der Waals surface area (Å²) in [7, 11) is 7.56. The van der Waals surface area contributed by atoms with Crippen LogP contribution in [-0.2, 0) is 5.41 Å². The van der Waals surface area contributed by atoms with E-state index in [0.29, 0.717) is 6.04 Å². The Morgan fingerprint density at radius 3 is 2.64 bits per heavy atom. The molecule has 4 heteroatoms. The molecule has 1 aliphatic heterocycles. The van der Waals surface area contributed by atoms with Crippen molar-refractivity contribution < 1.29 is 9.47 Å². The van der Waals surface area contributed by atoms with E-state index in [4.69, 9.17) is 9.47 Å². The lowest BCUT2D eigenvalue weighted by molar-refractivity contribution is 0.226. The van der Waals surface area contributed by atoms with Gasteiger partial charge in [-0.3, -0.25) is 4.99 Å². The van der Waals surface area contributed by atoms with Crippen molar-refractivity contribution in [3.63, 3.8) is 0 Å². The number of hydrogen-bond acceptors (Lipinski definition) is 4. The third-order valence-electron chi connectivity index (χ3n) is 5.64. The predicted octanol–water partition coefficient (Wildman–Crippen LogP) is 2.90. The number of ether oxygens (including phenoxy) is 2. The third-order valence-corrected chi connectivity index (χ3v) is 5.64.